The molecular weight excluding hydrogens is 264 g/mol. The molecule has 0 spiro atoms. The number of carbonyl (C=O) groups is 2. The maximum atomic E-state index is 11.4. The highest BCUT2D eigenvalue weighted by Crippen LogP contribution is 2.21. The lowest BCUT2D eigenvalue weighted by atomic mass is 9.94. The second-order valence-corrected chi connectivity index (χ2v) is 5.35. The third-order valence-electron chi connectivity index (χ3n) is 3.05. The molecule has 4 heteroatoms. The zero-order valence-corrected chi connectivity index (χ0v) is 12.8. The second kappa shape index (κ2) is 8.92. The van der Waals surface area contributed by atoms with Crippen molar-refractivity contribution in [3.8, 4) is 0 Å². The Balaban J connectivity index is 4.16. The number of hydrogen-bond acceptors (Lipinski definition) is 3. The van der Waals surface area contributed by atoms with Crippen LogP contribution in [0.3, 0.4) is 0 Å². The zero-order valence-electron chi connectivity index (χ0n) is 12.0. The molecule has 0 aromatic rings. The summed E-state index contributed by atoms with van der Waals surface area (Å²) in [5, 5.41) is -0.0547. The molecule has 2 atom stereocenters. The molecule has 0 heterocycles. The Morgan fingerprint density at radius 3 is 2.11 bits per heavy atom. The predicted octanol–water partition coefficient (Wildman–Crippen LogP) is 3.66. The first-order valence-corrected chi connectivity index (χ1v) is 6.77. The summed E-state index contributed by atoms with van der Waals surface area (Å²) in [6.45, 7) is 11.0. The van der Waals surface area contributed by atoms with E-state index in [2.05, 4.69) is 17.9 Å². The highest BCUT2D eigenvalue weighted by Gasteiger charge is 2.23. The minimum atomic E-state index is -0.685. The van der Waals surface area contributed by atoms with E-state index in [1.165, 1.54) is 14.0 Å². The summed E-state index contributed by atoms with van der Waals surface area (Å²) in [6, 6.07) is 0. The first kappa shape index (κ1) is 17.9. The number of halogens is 1. The number of Topliss-reactive ketones (excluding diaryl/α,β-unsaturated/α-hetero) is 1. The summed E-state index contributed by atoms with van der Waals surface area (Å²) in [7, 11) is 1.29. The molecule has 108 valence electrons. The SMILES string of the molecule is C=C(CCC(Cl)C(=C)C)CCC(C(C)=O)C(=O)OC. The quantitative estimate of drug-likeness (QED) is 0.281. The average Bonchev–Trinajstić information content (AvgIpc) is 2.34. The van der Waals surface area contributed by atoms with E-state index in [1.54, 1.807) is 0 Å². The summed E-state index contributed by atoms with van der Waals surface area (Å²) in [6.07, 6.45) is 2.62. The van der Waals surface area contributed by atoms with Crippen LogP contribution in [0.25, 0.3) is 0 Å². The molecule has 0 aliphatic carbocycles. The van der Waals surface area contributed by atoms with E-state index in [9.17, 15) is 9.59 Å². The summed E-state index contributed by atoms with van der Waals surface area (Å²) in [5.74, 6) is -1.33. The van der Waals surface area contributed by atoms with Crippen molar-refractivity contribution in [3.05, 3.63) is 24.3 Å². The number of ketones is 1. The Morgan fingerprint density at radius 1 is 1.16 bits per heavy atom. The molecular formula is C15H23ClO3. The molecule has 19 heavy (non-hydrogen) atoms. The van der Waals surface area contributed by atoms with E-state index in [0.717, 1.165) is 24.0 Å². The van der Waals surface area contributed by atoms with Crippen LogP contribution in [0, 0.1) is 5.92 Å². The molecule has 0 fully saturated rings. The lowest BCUT2D eigenvalue weighted by Crippen LogP contribution is -2.23. The fraction of sp³-hybridized carbons (Fsp3) is 0.600. The van der Waals surface area contributed by atoms with Crippen LogP contribution < -0.4 is 0 Å². The molecule has 0 aliphatic heterocycles. The molecule has 0 amide bonds. The number of esters is 1. The minimum absolute atomic E-state index is 0.0547. The van der Waals surface area contributed by atoms with Crippen molar-refractivity contribution in [2.24, 2.45) is 5.92 Å². The van der Waals surface area contributed by atoms with Crippen molar-refractivity contribution in [3.63, 3.8) is 0 Å². The number of methoxy groups -OCH3 is 1. The third kappa shape index (κ3) is 7.16. The molecule has 0 aliphatic rings. The number of allylic oxidation sites excluding steroid dienone is 2. The maximum absolute atomic E-state index is 11.4. The molecule has 3 nitrogen and oxygen atoms in total. The van der Waals surface area contributed by atoms with Crippen LogP contribution in [0.4, 0.5) is 0 Å². The van der Waals surface area contributed by atoms with Gasteiger partial charge in [-0.05, 0) is 39.5 Å². The Bertz CT molecular complexity index is 360. The van der Waals surface area contributed by atoms with Crippen molar-refractivity contribution in [2.75, 3.05) is 7.11 Å². The van der Waals surface area contributed by atoms with Gasteiger partial charge in [-0.25, -0.2) is 0 Å². The number of hydrogen-bond donors (Lipinski definition) is 0. The Hall–Kier alpha value is -1.09. The Morgan fingerprint density at radius 2 is 1.68 bits per heavy atom. The van der Waals surface area contributed by atoms with Gasteiger partial charge < -0.3 is 4.74 Å². The van der Waals surface area contributed by atoms with Crippen molar-refractivity contribution >= 4 is 23.4 Å². The van der Waals surface area contributed by atoms with E-state index >= 15 is 0 Å². The number of carbonyl (C=O) groups excluding carboxylic acids is 2. The fourth-order valence-corrected chi connectivity index (χ4v) is 1.79. The first-order chi connectivity index (χ1) is 8.79. The van der Waals surface area contributed by atoms with Crippen molar-refractivity contribution in [1.29, 1.82) is 0 Å². The summed E-state index contributed by atoms with van der Waals surface area (Å²) in [4.78, 5) is 22.8. The standard InChI is InChI=1S/C15H23ClO3/c1-10(2)14(16)9-7-11(3)6-8-13(12(4)17)15(18)19-5/h13-14H,1,3,6-9H2,2,4-5H3. The molecule has 0 saturated heterocycles. The third-order valence-corrected chi connectivity index (χ3v) is 3.64. The molecule has 0 N–H and O–H groups in total. The number of alkyl halides is 1. The summed E-state index contributed by atoms with van der Waals surface area (Å²) in [5.41, 5.74) is 1.92. The zero-order chi connectivity index (χ0) is 15.0. The van der Waals surface area contributed by atoms with Gasteiger partial charge in [0.15, 0.2) is 0 Å². The van der Waals surface area contributed by atoms with Crippen LogP contribution in [-0.2, 0) is 14.3 Å². The van der Waals surface area contributed by atoms with Gasteiger partial charge in [0.1, 0.15) is 11.7 Å². The average molecular weight is 287 g/mol. The smallest absolute Gasteiger partial charge is 0.316 e. The summed E-state index contributed by atoms with van der Waals surface area (Å²) < 4.78 is 4.61. The Kier molecular flexibility index (Phi) is 8.41. The van der Waals surface area contributed by atoms with E-state index in [-0.39, 0.29) is 11.2 Å². The van der Waals surface area contributed by atoms with E-state index in [0.29, 0.717) is 12.8 Å². The van der Waals surface area contributed by atoms with E-state index < -0.39 is 11.9 Å². The van der Waals surface area contributed by atoms with Gasteiger partial charge in [-0.15, -0.1) is 11.6 Å². The topological polar surface area (TPSA) is 43.4 Å². The van der Waals surface area contributed by atoms with Crippen molar-refractivity contribution in [1.82, 2.24) is 0 Å². The highest BCUT2D eigenvalue weighted by atomic mass is 35.5. The van der Waals surface area contributed by atoms with Gasteiger partial charge in [0.05, 0.1) is 12.5 Å². The van der Waals surface area contributed by atoms with Gasteiger partial charge in [0, 0.05) is 0 Å². The number of ether oxygens (including phenoxy) is 1. The van der Waals surface area contributed by atoms with Crippen LogP contribution in [0.15, 0.2) is 24.3 Å². The molecule has 2 unspecified atom stereocenters. The van der Waals surface area contributed by atoms with Gasteiger partial charge in [0.2, 0.25) is 0 Å². The normalized spacial score (nSPS) is 13.5. The predicted molar refractivity (Wildman–Crippen MR) is 78.3 cm³/mol. The van der Waals surface area contributed by atoms with Gasteiger partial charge in [0.25, 0.3) is 0 Å². The second-order valence-electron chi connectivity index (χ2n) is 4.83. The fourth-order valence-electron chi connectivity index (χ4n) is 1.68. The first-order valence-electron chi connectivity index (χ1n) is 6.34. The van der Waals surface area contributed by atoms with Crippen LogP contribution in [0.1, 0.15) is 39.5 Å². The molecule has 0 bridgehead atoms. The summed E-state index contributed by atoms with van der Waals surface area (Å²) >= 11 is 6.08. The van der Waals surface area contributed by atoms with Gasteiger partial charge in [-0.2, -0.15) is 0 Å². The molecule has 0 radical (unpaired) electrons. The van der Waals surface area contributed by atoms with Crippen LogP contribution >= 0.6 is 11.6 Å². The maximum Gasteiger partial charge on any atom is 0.316 e. The Labute approximate surface area is 120 Å². The van der Waals surface area contributed by atoms with Gasteiger partial charge >= 0.3 is 5.97 Å². The van der Waals surface area contributed by atoms with Crippen LogP contribution in [0.5, 0.6) is 0 Å². The van der Waals surface area contributed by atoms with Gasteiger partial charge in [-0.1, -0.05) is 24.3 Å². The largest absolute Gasteiger partial charge is 0.468 e. The van der Waals surface area contributed by atoms with E-state index in [1.807, 2.05) is 6.92 Å². The monoisotopic (exact) mass is 286 g/mol. The van der Waals surface area contributed by atoms with E-state index in [4.69, 9.17) is 11.6 Å². The molecule has 0 saturated carbocycles. The highest BCUT2D eigenvalue weighted by molar-refractivity contribution is 6.22. The molecule has 0 aromatic carbocycles. The minimum Gasteiger partial charge on any atom is -0.468 e. The van der Waals surface area contributed by atoms with Crippen molar-refractivity contribution in [2.45, 2.75) is 44.9 Å². The van der Waals surface area contributed by atoms with Crippen LogP contribution in [0.2, 0.25) is 0 Å². The lowest BCUT2D eigenvalue weighted by molar-refractivity contribution is -0.149. The van der Waals surface area contributed by atoms with Crippen LogP contribution in [-0.4, -0.2) is 24.2 Å². The van der Waals surface area contributed by atoms with Crippen molar-refractivity contribution < 1.29 is 14.3 Å². The number of rotatable bonds is 9. The molecule has 0 rings (SSSR count). The van der Waals surface area contributed by atoms with Gasteiger partial charge in [-0.3, -0.25) is 9.59 Å². The lowest BCUT2D eigenvalue weighted by Gasteiger charge is -2.13. The molecule has 0 aromatic heterocycles.